The fraction of sp³-hybridized carbons (Fsp3) is 1.00. The number of halogens is 1. The minimum atomic E-state index is 0.272. The lowest BCUT2D eigenvalue weighted by molar-refractivity contribution is -0.0255. The minimum absolute atomic E-state index is 0.272. The molecule has 1 fully saturated rings. The molecule has 2 unspecified atom stereocenters. The lowest BCUT2D eigenvalue weighted by Crippen LogP contribution is -2.39. The van der Waals surface area contributed by atoms with Crippen molar-refractivity contribution >= 4 is 11.6 Å². The molecule has 0 aromatic heterocycles. The Kier molecular flexibility index (Phi) is 3.85. The minimum Gasteiger partial charge on any atom is -0.381 e. The number of ether oxygens (including phenoxy) is 1. The summed E-state index contributed by atoms with van der Waals surface area (Å²) in [6, 6.07) is 0. The average molecular weight is 191 g/mol. The van der Waals surface area contributed by atoms with E-state index in [1.54, 1.807) is 0 Å². The van der Waals surface area contributed by atoms with Crippen molar-refractivity contribution in [3.05, 3.63) is 0 Å². The van der Waals surface area contributed by atoms with Crippen LogP contribution in [-0.2, 0) is 4.74 Å². The van der Waals surface area contributed by atoms with Gasteiger partial charge in [-0.25, -0.2) is 0 Å². The summed E-state index contributed by atoms with van der Waals surface area (Å²) < 4.78 is 5.51. The number of hydrogen-bond donors (Lipinski definition) is 0. The first-order valence-electron chi connectivity index (χ1n) is 4.89. The normalized spacial score (nSPS) is 33.2. The van der Waals surface area contributed by atoms with Crippen molar-refractivity contribution in [2.45, 2.75) is 33.1 Å². The molecule has 1 saturated heterocycles. The topological polar surface area (TPSA) is 9.23 Å². The molecule has 1 nitrogen and oxygen atoms in total. The van der Waals surface area contributed by atoms with E-state index in [1.165, 1.54) is 19.3 Å². The number of hydrogen-bond acceptors (Lipinski definition) is 1. The van der Waals surface area contributed by atoms with Gasteiger partial charge in [0.25, 0.3) is 0 Å². The molecule has 72 valence electrons. The van der Waals surface area contributed by atoms with Crippen LogP contribution < -0.4 is 0 Å². The van der Waals surface area contributed by atoms with Crippen LogP contribution in [-0.4, -0.2) is 19.1 Å². The Morgan fingerprint density at radius 1 is 1.58 bits per heavy atom. The zero-order chi connectivity index (χ0) is 9.03. The van der Waals surface area contributed by atoms with Crippen LogP contribution >= 0.6 is 11.6 Å². The highest BCUT2D eigenvalue weighted by Crippen LogP contribution is 2.38. The van der Waals surface area contributed by atoms with Crippen LogP contribution in [0.25, 0.3) is 0 Å². The second kappa shape index (κ2) is 4.48. The van der Waals surface area contributed by atoms with E-state index in [0.717, 1.165) is 19.1 Å². The van der Waals surface area contributed by atoms with Crippen molar-refractivity contribution < 1.29 is 4.74 Å². The summed E-state index contributed by atoms with van der Waals surface area (Å²) in [4.78, 5) is 0. The van der Waals surface area contributed by atoms with Crippen LogP contribution in [0, 0.1) is 11.3 Å². The molecular weight excluding hydrogens is 172 g/mol. The fourth-order valence-electron chi connectivity index (χ4n) is 1.93. The van der Waals surface area contributed by atoms with E-state index in [1.807, 2.05) is 0 Å². The summed E-state index contributed by atoms with van der Waals surface area (Å²) >= 11 is 6.03. The van der Waals surface area contributed by atoms with Crippen molar-refractivity contribution in [1.29, 1.82) is 0 Å². The van der Waals surface area contributed by atoms with Crippen molar-refractivity contribution in [3.8, 4) is 0 Å². The van der Waals surface area contributed by atoms with E-state index in [9.17, 15) is 0 Å². The molecule has 0 radical (unpaired) electrons. The highest BCUT2D eigenvalue weighted by atomic mass is 35.5. The van der Waals surface area contributed by atoms with E-state index in [4.69, 9.17) is 16.3 Å². The van der Waals surface area contributed by atoms with Gasteiger partial charge in [0, 0.05) is 17.9 Å². The van der Waals surface area contributed by atoms with Crippen molar-refractivity contribution in [3.63, 3.8) is 0 Å². The molecular formula is C10H19ClO. The zero-order valence-electron chi connectivity index (χ0n) is 8.11. The van der Waals surface area contributed by atoms with Crippen LogP contribution in [0.2, 0.25) is 0 Å². The molecule has 1 aliphatic rings. The van der Waals surface area contributed by atoms with Gasteiger partial charge >= 0.3 is 0 Å². The van der Waals surface area contributed by atoms with E-state index in [2.05, 4.69) is 13.8 Å². The van der Waals surface area contributed by atoms with Crippen LogP contribution in [0.3, 0.4) is 0 Å². The van der Waals surface area contributed by atoms with Gasteiger partial charge in [0.2, 0.25) is 0 Å². The molecule has 2 atom stereocenters. The smallest absolute Gasteiger partial charge is 0.0536 e. The molecule has 0 aromatic rings. The van der Waals surface area contributed by atoms with Gasteiger partial charge in [0.1, 0.15) is 0 Å². The van der Waals surface area contributed by atoms with Crippen LogP contribution in [0.15, 0.2) is 0 Å². The van der Waals surface area contributed by atoms with Crippen LogP contribution in [0.5, 0.6) is 0 Å². The first-order chi connectivity index (χ1) is 5.75. The maximum Gasteiger partial charge on any atom is 0.0536 e. The maximum atomic E-state index is 6.03. The molecule has 0 spiro atoms. The molecule has 0 saturated carbocycles. The van der Waals surface area contributed by atoms with E-state index in [-0.39, 0.29) is 5.41 Å². The highest BCUT2D eigenvalue weighted by molar-refractivity contribution is 6.18. The molecule has 0 N–H and O–H groups in total. The third kappa shape index (κ3) is 1.94. The van der Waals surface area contributed by atoms with Gasteiger partial charge in [-0.1, -0.05) is 20.3 Å². The second-order valence-electron chi connectivity index (χ2n) is 3.96. The van der Waals surface area contributed by atoms with Crippen LogP contribution in [0.1, 0.15) is 33.1 Å². The summed E-state index contributed by atoms with van der Waals surface area (Å²) in [5, 5.41) is 0. The number of rotatable bonds is 3. The Labute approximate surface area is 80.4 Å². The standard InChI is InChI=1S/C10H19ClO/c1-3-9(2)10(7-11)5-4-6-12-8-10/h9H,3-8H2,1-2H3. The SMILES string of the molecule is CCC(C)C1(CCl)CCCOC1. The molecule has 0 bridgehead atoms. The zero-order valence-corrected chi connectivity index (χ0v) is 8.86. The Balaban J connectivity index is 2.59. The number of alkyl halides is 1. The fourth-order valence-corrected chi connectivity index (χ4v) is 2.41. The second-order valence-corrected chi connectivity index (χ2v) is 4.23. The lowest BCUT2D eigenvalue weighted by atomic mass is 9.73. The summed E-state index contributed by atoms with van der Waals surface area (Å²) in [5.41, 5.74) is 0.272. The molecule has 0 aliphatic carbocycles. The van der Waals surface area contributed by atoms with E-state index < -0.39 is 0 Å². The molecule has 1 rings (SSSR count). The Bertz CT molecular complexity index is 130. The molecule has 0 amide bonds. The summed E-state index contributed by atoms with van der Waals surface area (Å²) in [6.07, 6.45) is 3.62. The van der Waals surface area contributed by atoms with Gasteiger partial charge < -0.3 is 4.74 Å². The Morgan fingerprint density at radius 2 is 2.33 bits per heavy atom. The molecule has 12 heavy (non-hydrogen) atoms. The van der Waals surface area contributed by atoms with Gasteiger partial charge in [-0.2, -0.15) is 0 Å². The molecule has 0 aromatic carbocycles. The van der Waals surface area contributed by atoms with Gasteiger partial charge in [0.15, 0.2) is 0 Å². The van der Waals surface area contributed by atoms with Gasteiger partial charge in [-0.3, -0.25) is 0 Å². The van der Waals surface area contributed by atoms with Gasteiger partial charge in [-0.05, 0) is 18.8 Å². The quantitative estimate of drug-likeness (QED) is 0.622. The predicted octanol–water partition coefficient (Wildman–Crippen LogP) is 3.07. The largest absolute Gasteiger partial charge is 0.381 e. The summed E-state index contributed by atoms with van der Waals surface area (Å²) in [5.74, 6) is 1.44. The molecule has 2 heteroatoms. The Morgan fingerprint density at radius 3 is 2.75 bits per heavy atom. The monoisotopic (exact) mass is 190 g/mol. The third-order valence-corrected chi connectivity index (χ3v) is 3.81. The van der Waals surface area contributed by atoms with Crippen molar-refractivity contribution in [2.75, 3.05) is 19.1 Å². The lowest BCUT2D eigenvalue weighted by Gasteiger charge is -2.40. The first kappa shape index (κ1) is 10.3. The average Bonchev–Trinajstić information content (AvgIpc) is 2.17. The van der Waals surface area contributed by atoms with Crippen molar-refractivity contribution in [1.82, 2.24) is 0 Å². The molecule has 1 aliphatic heterocycles. The predicted molar refractivity (Wildman–Crippen MR) is 52.7 cm³/mol. The summed E-state index contributed by atoms with van der Waals surface area (Å²) in [7, 11) is 0. The summed E-state index contributed by atoms with van der Waals surface area (Å²) in [6.45, 7) is 6.31. The van der Waals surface area contributed by atoms with Crippen LogP contribution in [0.4, 0.5) is 0 Å². The van der Waals surface area contributed by atoms with Gasteiger partial charge in [0.05, 0.1) is 6.61 Å². The third-order valence-electron chi connectivity index (χ3n) is 3.28. The van der Waals surface area contributed by atoms with Crippen molar-refractivity contribution in [2.24, 2.45) is 11.3 Å². The molecule has 1 heterocycles. The highest BCUT2D eigenvalue weighted by Gasteiger charge is 2.36. The maximum absolute atomic E-state index is 6.03. The van der Waals surface area contributed by atoms with E-state index in [0.29, 0.717) is 5.92 Å². The van der Waals surface area contributed by atoms with Gasteiger partial charge in [-0.15, -0.1) is 11.6 Å². The Hall–Kier alpha value is 0.250. The first-order valence-corrected chi connectivity index (χ1v) is 5.42. The van der Waals surface area contributed by atoms with E-state index >= 15 is 0 Å².